The Morgan fingerprint density at radius 3 is 3.06 bits per heavy atom. The summed E-state index contributed by atoms with van der Waals surface area (Å²) in [6.45, 7) is 2.08. The van der Waals surface area contributed by atoms with Gasteiger partial charge in [0, 0.05) is 17.2 Å². The molecule has 6 nitrogen and oxygen atoms in total. The molecule has 0 unspecified atom stereocenters. The van der Waals surface area contributed by atoms with Gasteiger partial charge in [0.05, 0.1) is 0 Å². The molecule has 2 N–H and O–H groups in total. The fraction of sp³-hybridized carbons (Fsp3) is 0.455. The standard InChI is InChI=1S/C11H12N6/c1-2-3-5-6-4-7-9(8(5)6)12-13-10(7)11-14-16-17-15-11/h2-3,5-6,8H,4H2,1H3,(H,12,13)(H,14,15,16,17)/t5-,6+,8-/m1/s1. The molecule has 4 rings (SSSR count). The minimum absolute atomic E-state index is 0.589. The first kappa shape index (κ1) is 9.09. The van der Waals surface area contributed by atoms with Crippen molar-refractivity contribution >= 4 is 0 Å². The van der Waals surface area contributed by atoms with Gasteiger partial charge in [-0.25, -0.2) is 0 Å². The van der Waals surface area contributed by atoms with E-state index in [-0.39, 0.29) is 0 Å². The van der Waals surface area contributed by atoms with Gasteiger partial charge in [-0.3, -0.25) is 5.10 Å². The first-order chi connectivity index (χ1) is 8.40. The van der Waals surface area contributed by atoms with Crippen LogP contribution in [-0.4, -0.2) is 30.8 Å². The average Bonchev–Trinajstić information content (AvgIpc) is 2.82. The van der Waals surface area contributed by atoms with Crippen LogP contribution in [-0.2, 0) is 6.42 Å². The number of hydrogen-bond donors (Lipinski definition) is 2. The highest BCUT2D eigenvalue weighted by Crippen LogP contribution is 2.62. The number of nitrogens with zero attached hydrogens (tertiary/aromatic N) is 4. The molecule has 1 saturated carbocycles. The Morgan fingerprint density at radius 2 is 2.29 bits per heavy atom. The Morgan fingerprint density at radius 1 is 1.35 bits per heavy atom. The van der Waals surface area contributed by atoms with E-state index in [4.69, 9.17) is 0 Å². The van der Waals surface area contributed by atoms with E-state index >= 15 is 0 Å². The topological polar surface area (TPSA) is 83.1 Å². The molecule has 0 bridgehead atoms. The maximum absolute atomic E-state index is 4.32. The van der Waals surface area contributed by atoms with Gasteiger partial charge < -0.3 is 0 Å². The predicted molar refractivity (Wildman–Crippen MR) is 60.0 cm³/mol. The van der Waals surface area contributed by atoms with Crippen LogP contribution < -0.4 is 0 Å². The molecule has 0 spiro atoms. The maximum atomic E-state index is 4.32. The van der Waals surface area contributed by atoms with E-state index in [9.17, 15) is 0 Å². The van der Waals surface area contributed by atoms with E-state index in [1.54, 1.807) is 0 Å². The molecular formula is C11H12N6. The van der Waals surface area contributed by atoms with Crippen LogP contribution in [0.2, 0.25) is 0 Å². The molecule has 2 aromatic heterocycles. The molecular weight excluding hydrogens is 216 g/mol. The smallest absolute Gasteiger partial charge is 0.225 e. The summed E-state index contributed by atoms with van der Waals surface area (Å²) in [5, 5.41) is 21.5. The van der Waals surface area contributed by atoms with Crippen molar-refractivity contribution in [2.24, 2.45) is 11.8 Å². The summed E-state index contributed by atoms with van der Waals surface area (Å²) in [5.41, 5.74) is 3.42. The number of aromatic nitrogens is 6. The lowest BCUT2D eigenvalue weighted by atomic mass is 10.1. The number of nitrogens with one attached hydrogen (secondary N) is 2. The lowest BCUT2D eigenvalue weighted by Crippen LogP contribution is -1.92. The van der Waals surface area contributed by atoms with Gasteiger partial charge in [-0.2, -0.15) is 10.3 Å². The summed E-state index contributed by atoms with van der Waals surface area (Å²) < 4.78 is 0. The van der Waals surface area contributed by atoms with Crippen molar-refractivity contribution in [2.45, 2.75) is 19.3 Å². The third kappa shape index (κ3) is 1.09. The summed E-state index contributed by atoms with van der Waals surface area (Å²) >= 11 is 0. The molecule has 0 radical (unpaired) electrons. The van der Waals surface area contributed by atoms with Gasteiger partial charge in [-0.15, -0.1) is 10.2 Å². The van der Waals surface area contributed by atoms with E-state index in [1.165, 1.54) is 11.3 Å². The molecule has 0 aliphatic heterocycles. The summed E-state index contributed by atoms with van der Waals surface area (Å²) in [6, 6.07) is 0. The minimum Gasteiger partial charge on any atom is -0.281 e. The molecule has 6 heteroatoms. The van der Waals surface area contributed by atoms with Crippen molar-refractivity contribution in [3.63, 3.8) is 0 Å². The Hall–Kier alpha value is -1.98. The van der Waals surface area contributed by atoms with Crippen molar-refractivity contribution in [3.8, 4) is 11.5 Å². The highest BCUT2D eigenvalue weighted by molar-refractivity contribution is 5.60. The SMILES string of the molecule is CC=C[C@@H]1[C@@H]2Cc3c(-c4nn[nH]n4)n[nH]c3[C@H]12. The largest absolute Gasteiger partial charge is 0.281 e. The van der Waals surface area contributed by atoms with Gasteiger partial charge in [0.25, 0.3) is 0 Å². The van der Waals surface area contributed by atoms with Gasteiger partial charge in [-0.05, 0) is 30.4 Å². The van der Waals surface area contributed by atoms with Crippen LogP contribution in [0.4, 0.5) is 0 Å². The lowest BCUT2D eigenvalue weighted by Gasteiger charge is -1.98. The highest BCUT2D eigenvalue weighted by Gasteiger charge is 2.56. The quantitative estimate of drug-likeness (QED) is 0.752. The van der Waals surface area contributed by atoms with Crippen LogP contribution in [0.3, 0.4) is 0 Å². The third-order valence-corrected chi connectivity index (χ3v) is 3.87. The monoisotopic (exact) mass is 228 g/mol. The molecule has 17 heavy (non-hydrogen) atoms. The Bertz CT molecular complexity index is 581. The second-order valence-electron chi connectivity index (χ2n) is 4.70. The van der Waals surface area contributed by atoms with E-state index in [1.807, 2.05) is 0 Å². The lowest BCUT2D eigenvalue weighted by molar-refractivity contribution is 0.797. The molecule has 0 saturated heterocycles. The number of fused-ring (bicyclic) bond motifs is 3. The van der Waals surface area contributed by atoms with Crippen LogP contribution in [0.5, 0.6) is 0 Å². The highest BCUT2D eigenvalue weighted by atomic mass is 15.5. The van der Waals surface area contributed by atoms with E-state index in [0.29, 0.717) is 17.7 Å². The van der Waals surface area contributed by atoms with Crippen molar-refractivity contribution in [1.29, 1.82) is 0 Å². The fourth-order valence-electron chi connectivity index (χ4n) is 3.10. The molecule has 2 heterocycles. The number of rotatable bonds is 2. The summed E-state index contributed by atoms with van der Waals surface area (Å²) in [7, 11) is 0. The van der Waals surface area contributed by atoms with Crippen molar-refractivity contribution in [2.75, 3.05) is 0 Å². The minimum atomic E-state index is 0.589. The zero-order valence-corrected chi connectivity index (χ0v) is 9.38. The first-order valence-corrected chi connectivity index (χ1v) is 5.84. The van der Waals surface area contributed by atoms with Crippen molar-refractivity contribution < 1.29 is 0 Å². The number of allylic oxidation sites excluding steroid dienone is 2. The zero-order chi connectivity index (χ0) is 11.4. The summed E-state index contributed by atoms with van der Waals surface area (Å²) in [5.74, 6) is 2.67. The van der Waals surface area contributed by atoms with Gasteiger partial charge in [0.2, 0.25) is 5.82 Å². The zero-order valence-electron chi connectivity index (χ0n) is 9.38. The molecule has 86 valence electrons. The molecule has 2 aromatic rings. The van der Waals surface area contributed by atoms with Crippen LogP contribution >= 0.6 is 0 Å². The maximum Gasteiger partial charge on any atom is 0.225 e. The van der Waals surface area contributed by atoms with Crippen molar-refractivity contribution in [3.05, 3.63) is 23.4 Å². The molecule has 1 fully saturated rings. The van der Waals surface area contributed by atoms with Crippen LogP contribution in [0.1, 0.15) is 24.1 Å². The van der Waals surface area contributed by atoms with Gasteiger partial charge >= 0.3 is 0 Å². The molecule has 3 atom stereocenters. The van der Waals surface area contributed by atoms with Crippen LogP contribution in [0, 0.1) is 11.8 Å². The predicted octanol–water partition coefficient (Wildman–Crippen LogP) is 1.05. The fourth-order valence-corrected chi connectivity index (χ4v) is 3.10. The second-order valence-corrected chi connectivity index (χ2v) is 4.70. The van der Waals surface area contributed by atoms with E-state index < -0.39 is 0 Å². The second kappa shape index (κ2) is 3.03. The number of H-pyrrole nitrogens is 2. The number of tetrazole rings is 1. The van der Waals surface area contributed by atoms with Crippen LogP contribution in [0.15, 0.2) is 12.2 Å². The van der Waals surface area contributed by atoms with Gasteiger partial charge in [-0.1, -0.05) is 12.2 Å². The normalized spacial score (nSPS) is 29.6. The third-order valence-electron chi connectivity index (χ3n) is 3.87. The van der Waals surface area contributed by atoms with Gasteiger partial charge in [0.15, 0.2) is 0 Å². The Balaban J connectivity index is 1.73. The van der Waals surface area contributed by atoms with Crippen molar-refractivity contribution in [1.82, 2.24) is 30.8 Å². The Kier molecular flexibility index (Phi) is 1.62. The Labute approximate surface area is 97.5 Å². The first-order valence-electron chi connectivity index (χ1n) is 5.84. The average molecular weight is 228 g/mol. The van der Waals surface area contributed by atoms with E-state index in [0.717, 1.165) is 18.0 Å². The summed E-state index contributed by atoms with van der Waals surface area (Å²) in [4.78, 5) is 0. The van der Waals surface area contributed by atoms with E-state index in [2.05, 4.69) is 49.9 Å². The van der Waals surface area contributed by atoms with Crippen LogP contribution in [0.25, 0.3) is 11.5 Å². The molecule has 0 aromatic carbocycles. The van der Waals surface area contributed by atoms with Gasteiger partial charge in [0.1, 0.15) is 5.69 Å². The molecule has 2 aliphatic carbocycles. The number of aromatic amines is 2. The number of hydrogen-bond acceptors (Lipinski definition) is 4. The molecule has 0 amide bonds. The molecule has 2 aliphatic rings. The summed E-state index contributed by atoms with van der Waals surface area (Å²) in [6.07, 6.45) is 5.52.